The van der Waals surface area contributed by atoms with E-state index in [-0.39, 0.29) is 0 Å². The first-order chi connectivity index (χ1) is 10.3. The molecule has 0 aliphatic carbocycles. The summed E-state index contributed by atoms with van der Waals surface area (Å²) in [5.74, 6) is 1.97. The molecule has 3 rings (SSSR count). The predicted octanol–water partition coefficient (Wildman–Crippen LogP) is 2.33. The summed E-state index contributed by atoms with van der Waals surface area (Å²) in [6.07, 6.45) is 6.23. The molecule has 2 aliphatic rings. The van der Waals surface area contributed by atoms with E-state index in [1.165, 1.54) is 18.0 Å². The van der Waals surface area contributed by atoms with Crippen LogP contribution in [0.2, 0.25) is 0 Å². The van der Waals surface area contributed by atoms with Crippen molar-refractivity contribution in [1.82, 2.24) is 14.3 Å². The van der Waals surface area contributed by atoms with Gasteiger partial charge >= 0.3 is 0 Å². The Kier molecular flexibility index (Phi) is 4.73. The Morgan fingerprint density at radius 1 is 1.24 bits per heavy atom. The lowest BCUT2D eigenvalue weighted by atomic mass is 9.95. The molecule has 0 saturated carbocycles. The van der Waals surface area contributed by atoms with E-state index in [0.29, 0.717) is 11.8 Å². The summed E-state index contributed by atoms with van der Waals surface area (Å²) in [6, 6.07) is 0. The van der Waals surface area contributed by atoms with E-state index in [4.69, 9.17) is 0 Å². The highest BCUT2D eigenvalue weighted by atomic mass is 32.1. The molecule has 2 saturated heterocycles. The van der Waals surface area contributed by atoms with Crippen LogP contribution in [-0.4, -0.2) is 46.3 Å². The number of aromatic nitrogens is 2. The minimum Gasteiger partial charge on any atom is -0.347 e. The normalized spacial score (nSPS) is 21.1. The lowest BCUT2D eigenvalue weighted by Gasteiger charge is -2.35. The van der Waals surface area contributed by atoms with Crippen molar-refractivity contribution in [2.24, 2.45) is 5.92 Å². The molecule has 0 radical (unpaired) electrons. The van der Waals surface area contributed by atoms with Crippen molar-refractivity contribution in [2.45, 2.75) is 45.4 Å². The van der Waals surface area contributed by atoms with Crippen LogP contribution in [0.5, 0.6) is 0 Å². The maximum Gasteiger partial charge on any atom is 0.222 e. The number of amides is 1. The monoisotopic (exact) mass is 308 g/mol. The summed E-state index contributed by atoms with van der Waals surface area (Å²) in [4.78, 5) is 20.9. The van der Waals surface area contributed by atoms with Crippen molar-refractivity contribution < 1.29 is 4.79 Å². The smallest absolute Gasteiger partial charge is 0.222 e. The summed E-state index contributed by atoms with van der Waals surface area (Å²) in [5, 5.41) is 1.07. The van der Waals surface area contributed by atoms with Gasteiger partial charge in [0.1, 0.15) is 5.82 Å². The Morgan fingerprint density at radius 2 is 2.05 bits per heavy atom. The average Bonchev–Trinajstić information content (AvgIpc) is 2.99. The molecule has 0 bridgehead atoms. The molecule has 0 N–H and O–H groups in total. The molecule has 1 aromatic heterocycles. The minimum atomic E-state index is 0.361. The fourth-order valence-electron chi connectivity index (χ4n) is 3.19. The van der Waals surface area contributed by atoms with E-state index in [1.54, 1.807) is 0 Å². The maximum absolute atomic E-state index is 11.9. The Bertz CT molecular complexity index is 482. The highest BCUT2D eigenvalue weighted by Gasteiger charge is 2.26. The molecule has 116 valence electrons. The van der Waals surface area contributed by atoms with Crippen molar-refractivity contribution in [2.75, 3.05) is 31.1 Å². The summed E-state index contributed by atoms with van der Waals surface area (Å²) < 4.78 is 4.37. The second-order valence-corrected chi connectivity index (χ2v) is 6.80. The fourth-order valence-corrected chi connectivity index (χ4v) is 3.99. The van der Waals surface area contributed by atoms with E-state index in [9.17, 15) is 4.79 Å². The van der Waals surface area contributed by atoms with E-state index in [1.807, 2.05) is 0 Å². The number of rotatable bonds is 4. The van der Waals surface area contributed by atoms with Gasteiger partial charge in [0.2, 0.25) is 11.0 Å². The third-order valence-electron chi connectivity index (χ3n) is 4.56. The van der Waals surface area contributed by atoms with Gasteiger partial charge in [-0.1, -0.05) is 6.92 Å². The number of carbonyl (C=O) groups excluding carboxylic acids is 1. The van der Waals surface area contributed by atoms with Gasteiger partial charge in [-0.3, -0.25) is 4.79 Å². The maximum atomic E-state index is 11.9. The third kappa shape index (κ3) is 3.54. The molecule has 6 heteroatoms. The fraction of sp³-hybridized carbons (Fsp3) is 0.800. The lowest BCUT2D eigenvalue weighted by molar-refractivity contribution is -0.134. The summed E-state index contributed by atoms with van der Waals surface area (Å²) in [6.45, 7) is 6.11. The van der Waals surface area contributed by atoms with Crippen molar-refractivity contribution in [3.8, 4) is 0 Å². The Labute approximate surface area is 130 Å². The number of nitrogens with zero attached hydrogens (tertiary/aromatic N) is 4. The van der Waals surface area contributed by atoms with Crippen molar-refractivity contribution in [1.29, 1.82) is 0 Å². The first-order valence-corrected chi connectivity index (χ1v) is 8.89. The molecule has 1 amide bonds. The quantitative estimate of drug-likeness (QED) is 0.856. The van der Waals surface area contributed by atoms with Gasteiger partial charge in [0, 0.05) is 50.6 Å². The number of aryl methyl sites for hydroxylation is 1. The molecule has 2 fully saturated rings. The topological polar surface area (TPSA) is 49.3 Å². The third-order valence-corrected chi connectivity index (χ3v) is 5.37. The van der Waals surface area contributed by atoms with Crippen LogP contribution >= 0.6 is 11.5 Å². The summed E-state index contributed by atoms with van der Waals surface area (Å²) >= 11 is 1.52. The lowest BCUT2D eigenvalue weighted by Crippen LogP contribution is -2.42. The van der Waals surface area contributed by atoms with Crippen LogP contribution in [0.4, 0.5) is 5.13 Å². The number of piperidine rings is 2. The van der Waals surface area contributed by atoms with Gasteiger partial charge in [-0.05, 0) is 31.6 Å². The van der Waals surface area contributed by atoms with Gasteiger partial charge in [0.15, 0.2) is 0 Å². The molecule has 1 aromatic rings. The number of hydrogen-bond acceptors (Lipinski definition) is 5. The molecule has 2 aliphatic heterocycles. The van der Waals surface area contributed by atoms with Crippen LogP contribution in [-0.2, 0) is 11.2 Å². The SMILES string of the molecule is CCc1nsc(N2CCC(CN3CCCCC3=O)CC2)n1. The van der Waals surface area contributed by atoms with E-state index >= 15 is 0 Å². The summed E-state index contributed by atoms with van der Waals surface area (Å²) in [7, 11) is 0. The highest BCUT2D eigenvalue weighted by molar-refractivity contribution is 7.09. The van der Waals surface area contributed by atoms with Crippen molar-refractivity contribution >= 4 is 22.6 Å². The molecule has 0 unspecified atom stereocenters. The van der Waals surface area contributed by atoms with Crippen LogP contribution in [0, 0.1) is 5.92 Å². The minimum absolute atomic E-state index is 0.361. The standard InChI is InChI=1S/C15H24N4OS/c1-2-13-16-15(21-17-13)18-9-6-12(7-10-18)11-19-8-4-3-5-14(19)20/h12H,2-11H2,1H3. The van der Waals surface area contributed by atoms with Gasteiger partial charge in [-0.25, -0.2) is 4.98 Å². The van der Waals surface area contributed by atoms with Gasteiger partial charge < -0.3 is 9.80 Å². The molecule has 3 heterocycles. The van der Waals surface area contributed by atoms with Gasteiger partial charge in [-0.15, -0.1) is 0 Å². The predicted molar refractivity (Wildman–Crippen MR) is 84.7 cm³/mol. The van der Waals surface area contributed by atoms with Crippen molar-refractivity contribution in [3.05, 3.63) is 5.82 Å². The van der Waals surface area contributed by atoms with E-state index in [2.05, 4.69) is 26.1 Å². The number of likely N-dealkylation sites (tertiary alicyclic amines) is 1. The zero-order valence-corrected chi connectivity index (χ0v) is 13.6. The Morgan fingerprint density at radius 3 is 2.71 bits per heavy atom. The van der Waals surface area contributed by atoms with Crippen LogP contribution in [0.25, 0.3) is 0 Å². The van der Waals surface area contributed by atoms with Crippen molar-refractivity contribution in [3.63, 3.8) is 0 Å². The van der Waals surface area contributed by atoms with Gasteiger partial charge in [0.05, 0.1) is 0 Å². The second kappa shape index (κ2) is 6.73. The van der Waals surface area contributed by atoms with Crippen LogP contribution in [0.1, 0.15) is 44.9 Å². The molecular weight excluding hydrogens is 284 g/mol. The second-order valence-electron chi connectivity index (χ2n) is 6.07. The average molecular weight is 308 g/mol. The van der Waals surface area contributed by atoms with Crippen LogP contribution in [0.15, 0.2) is 0 Å². The highest BCUT2D eigenvalue weighted by Crippen LogP contribution is 2.26. The Balaban J connectivity index is 1.49. The molecule has 0 aromatic carbocycles. The molecule has 0 atom stereocenters. The summed E-state index contributed by atoms with van der Waals surface area (Å²) in [5.41, 5.74) is 0. The number of hydrogen-bond donors (Lipinski definition) is 0. The van der Waals surface area contributed by atoms with Crippen LogP contribution < -0.4 is 4.90 Å². The van der Waals surface area contributed by atoms with Gasteiger partial charge in [-0.2, -0.15) is 4.37 Å². The van der Waals surface area contributed by atoms with Gasteiger partial charge in [0.25, 0.3) is 0 Å². The first-order valence-electron chi connectivity index (χ1n) is 8.11. The Hall–Kier alpha value is -1.17. The first kappa shape index (κ1) is 14.8. The van der Waals surface area contributed by atoms with E-state index < -0.39 is 0 Å². The van der Waals surface area contributed by atoms with E-state index in [0.717, 1.165) is 69.2 Å². The molecule has 0 spiro atoms. The molecule has 5 nitrogen and oxygen atoms in total. The number of carbonyl (C=O) groups is 1. The largest absolute Gasteiger partial charge is 0.347 e. The molecular formula is C15H24N4OS. The zero-order chi connectivity index (χ0) is 14.7. The number of anilines is 1. The zero-order valence-electron chi connectivity index (χ0n) is 12.8. The molecule has 21 heavy (non-hydrogen) atoms. The van der Waals surface area contributed by atoms with Crippen LogP contribution in [0.3, 0.4) is 0 Å².